The lowest BCUT2D eigenvalue weighted by Crippen LogP contribution is -2.01. The molecule has 0 heterocycles. The van der Waals surface area contributed by atoms with Crippen LogP contribution in [0.3, 0.4) is 0 Å². The lowest BCUT2D eigenvalue weighted by molar-refractivity contribution is -0.161. The molecule has 0 aliphatic heterocycles. The average Bonchev–Trinajstić information content (AvgIpc) is 1.96. The minimum atomic E-state index is -1.12. The van der Waals surface area contributed by atoms with E-state index in [1.54, 1.807) is 0 Å². The molecule has 0 N–H and O–H groups in total. The molecule has 0 aromatic heterocycles. The summed E-state index contributed by atoms with van der Waals surface area (Å²) in [6, 6.07) is 2.65. The molecule has 0 bridgehead atoms. The molecular weight excluding hydrogens is 174 g/mol. The van der Waals surface area contributed by atoms with Crippen molar-refractivity contribution in [2.75, 3.05) is 0 Å². The van der Waals surface area contributed by atoms with Crippen LogP contribution in [0.5, 0.6) is 0 Å². The first-order valence-electron chi connectivity index (χ1n) is 3.12. The highest BCUT2D eigenvalue weighted by Gasteiger charge is 2.05. The fourth-order valence-corrected chi connectivity index (χ4v) is 0.776. The summed E-state index contributed by atoms with van der Waals surface area (Å²) < 4.78 is 47.8. The molecule has 66 valence electrons. The maximum absolute atomic E-state index is 12.4. The van der Waals surface area contributed by atoms with Crippen LogP contribution in [0.25, 0.3) is 0 Å². The molecule has 1 nitrogen and oxygen atoms in total. The number of benzene rings is 1. The molecule has 5 heteroatoms. The van der Waals surface area contributed by atoms with Gasteiger partial charge < -0.3 is 0 Å². The molecule has 1 aromatic rings. The predicted octanol–water partition coefficient (Wildman–Crippen LogP) is 2.54. The number of halogens is 4. The summed E-state index contributed by atoms with van der Waals surface area (Å²) in [7, 11) is 0. The molecule has 0 saturated heterocycles. The summed E-state index contributed by atoms with van der Waals surface area (Å²) >= 11 is 0. The molecule has 0 atom stereocenters. The third-order valence-electron chi connectivity index (χ3n) is 1.29. The molecule has 0 spiro atoms. The molecule has 1 rings (SSSR count). The van der Waals surface area contributed by atoms with E-state index in [0.717, 1.165) is 18.2 Å². The Morgan fingerprint density at radius 2 is 1.75 bits per heavy atom. The van der Waals surface area contributed by atoms with Gasteiger partial charge in [0, 0.05) is 5.34 Å². The van der Waals surface area contributed by atoms with Crippen molar-refractivity contribution >= 4 is 0 Å². The van der Waals surface area contributed by atoms with E-state index in [-0.39, 0.29) is 5.56 Å². The maximum atomic E-state index is 12.4. The highest BCUT2D eigenvalue weighted by molar-refractivity contribution is 5.17. The van der Waals surface area contributed by atoms with Gasteiger partial charge in [-0.2, -0.15) is 0 Å². The Morgan fingerprint density at radius 3 is 2.25 bits per heavy atom. The molecule has 0 fully saturated rings. The quantitative estimate of drug-likeness (QED) is 0.498. The third kappa shape index (κ3) is 2.20. The van der Waals surface area contributed by atoms with E-state index in [2.05, 4.69) is 0 Å². The number of rotatable bonds is 2. The molecule has 0 aliphatic carbocycles. The van der Waals surface area contributed by atoms with Crippen molar-refractivity contribution in [3.05, 3.63) is 35.4 Å². The van der Waals surface area contributed by atoms with Gasteiger partial charge >= 0.3 is 0 Å². The van der Waals surface area contributed by atoms with Crippen molar-refractivity contribution in [1.82, 2.24) is 5.34 Å². The molecular formula is C7H5F4N. The van der Waals surface area contributed by atoms with Gasteiger partial charge in [-0.05, 0) is 17.7 Å². The number of hydrogen-bond donors (Lipinski definition) is 0. The van der Waals surface area contributed by atoms with Gasteiger partial charge in [0.2, 0.25) is 0 Å². The van der Waals surface area contributed by atoms with Crippen LogP contribution in [0.15, 0.2) is 18.2 Å². The van der Waals surface area contributed by atoms with Crippen molar-refractivity contribution < 1.29 is 17.7 Å². The zero-order chi connectivity index (χ0) is 9.14. The lowest BCUT2D eigenvalue weighted by Gasteiger charge is -2.01. The van der Waals surface area contributed by atoms with Crippen molar-refractivity contribution in [1.29, 1.82) is 0 Å². The van der Waals surface area contributed by atoms with Crippen molar-refractivity contribution in [3.8, 4) is 0 Å². The standard InChI is InChI=1S/C7H5F4N/c8-6-2-1-5(3-7(6)9)4-12(10)11/h1-3H,4H2. The zero-order valence-corrected chi connectivity index (χ0v) is 5.90. The Balaban J connectivity index is 2.82. The number of hydrogen-bond acceptors (Lipinski definition) is 1. The van der Waals surface area contributed by atoms with Crippen molar-refractivity contribution in [2.45, 2.75) is 6.54 Å². The third-order valence-corrected chi connectivity index (χ3v) is 1.29. The lowest BCUT2D eigenvalue weighted by atomic mass is 10.2. The highest BCUT2D eigenvalue weighted by atomic mass is 19.4. The summed E-state index contributed by atoms with van der Waals surface area (Å²) in [6.07, 6.45) is 0. The second kappa shape index (κ2) is 3.53. The molecule has 12 heavy (non-hydrogen) atoms. The Hall–Kier alpha value is -1.10. The Labute approximate surface area is 66.1 Å². The summed E-state index contributed by atoms with van der Waals surface area (Å²) in [6.45, 7) is -0.711. The van der Waals surface area contributed by atoms with E-state index in [0.29, 0.717) is 0 Å². The van der Waals surface area contributed by atoms with Gasteiger partial charge in [0.05, 0.1) is 6.54 Å². The number of nitrogens with zero attached hydrogens (tertiary/aromatic N) is 1. The largest absolute Gasteiger partial charge is 0.204 e. The molecule has 0 aliphatic rings. The minimum absolute atomic E-state index is 0.0268. The van der Waals surface area contributed by atoms with Crippen LogP contribution in [0.1, 0.15) is 5.56 Å². The van der Waals surface area contributed by atoms with Gasteiger partial charge in [0.25, 0.3) is 0 Å². The van der Waals surface area contributed by atoms with E-state index in [1.807, 2.05) is 0 Å². The van der Waals surface area contributed by atoms with E-state index >= 15 is 0 Å². The monoisotopic (exact) mass is 179 g/mol. The van der Waals surface area contributed by atoms with E-state index in [4.69, 9.17) is 0 Å². The van der Waals surface area contributed by atoms with Gasteiger partial charge in [-0.25, -0.2) is 8.78 Å². The van der Waals surface area contributed by atoms with Gasteiger partial charge in [0.1, 0.15) is 0 Å². The van der Waals surface area contributed by atoms with E-state index in [1.165, 1.54) is 0 Å². The fourth-order valence-electron chi connectivity index (χ4n) is 0.776. The van der Waals surface area contributed by atoms with Crippen molar-refractivity contribution in [3.63, 3.8) is 0 Å². The van der Waals surface area contributed by atoms with Crippen LogP contribution < -0.4 is 0 Å². The zero-order valence-electron chi connectivity index (χ0n) is 5.90. The predicted molar refractivity (Wildman–Crippen MR) is 34.1 cm³/mol. The van der Waals surface area contributed by atoms with Crippen LogP contribution in [0, 0.1) is 11.6 Å². The second-order valence-electron chi connectivity index (χ2n) is 2.21. The molecule has 0 amide bonds. The molecule has 0 radical (unpaired) electrons. The first-order chi connectivity index (χ1) is 5.59. The summed E-state index contributed by atoms with van der Waals surface area (Å²) in [5.74, 6) is -2.16. The maximum Gasteiger partial charge on any atom is 0.159 e. The fraction of sp³-hybridized carbons (Fsp3) is 0.143. The first kappa shape index (κ1) is 8.99. The van der Waals surface area contributed by atoms with Gasteiger partial charge in [-0.3, -0.25) is 0 Å². The van der Waals surface area contributed by atoms with Crippen LogP contribution in [0.2, 0.25) is 0 Å². The average molecular weight is 179 g/mol. The van der Waals surface area contributed by atoms with Gasteiger partial charge in [-0.1, -0.05) is 6.07 Å². The van der Waals surface area contributed by atoms with Gasteiger partial charge in [-0.15, -0.1) is 8.96 Å². The Kier molecular flexibility index (Phi) is 2.65. The smallest absolute Gasteiger partial charge is 0.159 e. The van der Waals surface area contributed by atoms with E-state index in [9.17, 15) is 17.7 Å². The van der Waals surface area contributed by atoms with Gasteiger partial charge in [0.15, 0.2) is 11.6 Å². The summed E-state index contributed by atoms with van der Waals surface area (Å²) in [5.41, 5.74) is 0.0268. The second-order valence-corrected chi connectivity index (χ2v) is 2.21. The topological polar surface area (TPSA) is 3.24 Å². The molecule has 0 unspecified atom stereocenters. The van der Waals surface area contributed by atoms with Crippen LogP contribution in [0.4, 0.5) is 17.7 Å². The minimum Gasteiger partial charge on any atom is -0.204 e. The Bertz CT molecular complexity index is 274. The van der Waals surface area contributed by atoms with Crippen LogP contribution >= 0.6 is 0 Å². The van der Waals surface area contributed by atoms with Crippen LogP contribution in [-0.2, 0) is 6.54 Å². The van der Waals surface area contributed by atoms with E-state index < -0.39 is 23.5 Å². The molecule has 1 aromatic carbocycles. The first-order valence-corrected chi connectivity index (χ1v) is 3.12. The van der Waals surface area contributed by atoms with Crippen LogP contribution in [-0.4, -0.2) is 5.34 Å². The summed E-state index contributed by atoms with van der Waals surface area (Å²) in [5, 5.41) is -1.10. The van der Waals surface area contributed by atoms with Crippen molar-refractivity contribution in [2.24, 2.45) is 0 Å². The molecule has 0 saturated carbocycles. The SMILES string of the molecule is Fc1ccc(CN(F)F)cc1F. The summed E-state index contributed by atoms with van der Waals surface area (Å²) in [4.78, 5) is 0. The Morgan fingerprint density at radius 1 is 1.08 bits per heavy atom. The highest BCUT2D eigenvalue weighted by Crippen LogP contribution is 2.10. The normalized spacial score (nSPS) is 10.8.